The van der Waals surface area contributed by atoms with Crippen LogP contribution < -0.4 is 15.5 Å². The minimum absolute atomic E-state index is 0. The number of rotatable bonds is 3. The van der Waals surface area contributed by atoms with Gasteiger partial charge in [-0.05, 0) is 12.0 Å². The molecule has 0 aliphatic rings. The molecule has 0 amide bonds. The van der Waals surface area contributed by atoms with Crippen LogP contribution in [0.15, 0.2) is 30.3 Å². The van der Waals surface area contributed by atoms with E-state index in [0.29, 0.717) is 6.42 Å². The van der Waals surface area contributed by atoms with Gasteiger partial charge < -0.3 is 30.1 Å². The van der Waals surface area contributed by atoms with Gasteiger partial charge in [0.1, 0.15) is 6.04 Å². The van der Waals surface area contributed by atoms with Crippen LogP contribution in [0.3, 0.4) is 0 Å². The summed E-state index contributed by atoms with van der Waals surface area (Å²) in [5.41, 5.74) is 6.30. The molecule has 7 nitrogen and oxygen atoms in total. The maximum absolute atomic E-state index is 10.4. The van der Waals surface area contributed by atoms with Gasteiger partial charge in [-0.25, -0.2) is 0 Å². The molecule has 9 heteroatoms. The summed E-state index contributed by atoms with van der Waals surface area (Å²) in [6.07, 6.45) is 0.385. The van der Waals surface area contributed by atoms with Crippen LogP contribution >= 0.6 is 7.82 Å². The van der Waals surface area contributed by atoms with Crippen LogP contribution in [0, 0.1) is 0 Å². The number of aliphatic carboxylic acids is 1. The summed E-state index contributed by atoms with van der Waals surface area (Å²) in [6.45, 7) is 0. The van der Waals surface area contributed by atoms with Gasteiger partial charge in [-0.3, -0.25) is 4.79 Å². The zero-order valence-electron chi connectivity index (χ0n) is 9.43. The van der Waals surface area contributed by atoms with Gasteiger partial charge in [0.2, 0.25) is 0 Å². The molecule has 0 saturated heterocycles. The summed E-state index contributed by atoms with van der Waals surface area (Å²) in [6, 6.07) is 8.54. The second-order valence-corrected chi connectivity index (χ2v) is 4.04. The van der Waals surface area contributed by atoms with Crippen LogP contribution in [0.5, 0.6) is 0 Å². The molecule has 0 aromatic heterocycles. The number of hydrogen-bond donors (Lipinski definition) is 3. The minimum atomic E-state index is -5.14. The van der Waals surface area contributed by atoms with Gasteiger partial charge in [-0.1, -0.05) is 30.3 Å². The van der Waals surface area contributed by atoms with Crippen LogP contribution in [-0.4, -0.2) is 45.1 Å². The van der Waals surface area contributed by atoms with Crippen molar-refractivity contribution >= 4 is 36.8 Å². The monoisotopic (exact) mass is 285 g/mol. The maximum atomic E-state index is 10.4. The number of nitrogens with two attached hydrogens (primary N) is 1. The Morgan fingerprint density at radius 1 is 1.33 bits per heavy atom. The third kappa shape index (κ3) is 13.6. The van der Waals surface area contributed by atoms with Crippen LogP contribution in [0.1, 0.15) is 5.56 Å². The van der Waals surface area contributed by atoms with Crippen molar-refractivity contribution in [3.05, 3.63) is 35.9 Å². The average Bonchev–Trinajstić information content (AvgIpc) is 2.16. The van der Waals surface area contributed by atoms with Crippen LogP contribution in [0.25, 0.3) is 0 Å². The van der Waals surface area contributed by atoms with Crippen molar-refractivity contribution in [1.82, 2.24) is 0 Å². The first-order valence-corrected chi connectivity index (χ1v) is 5.97. The Kier molecular flexibility index (Phi) is 10.4. The molecule has 1 aromatic carbocycles. The van der Waals surface area contributed by atoms with E-state index in [1.165, 1.54) is 0 Å². The Labute approximate surface area is 120 Å². The number of carboxylic acids is 1. The third-order valence-corrected chi connectivity index (χ3v) is 1.62. The van der Waals surface area contributed by atoms with Gasteiger partial charge in [0, 0.05) is 0 Å². The first kappa shape index (κ1) is 19.9. The van der Waals surface area contributed by atoms with Crippen LogP contribution in [0.4, 0.5) is 0 Å². The normalized spacial score (nSPS) is 11.6. The van der Waals surface area contributed by atoms with E-state index in [1.54, 1.807) is 0 Å². The fraction of sp³-hybridized carbons (Fsp3) is 0.222. The van der Waals surface area contributed by atoms with Crippen molar-refractivity contribution in [2.45, 2.75) is 12.5 Å². The number of hydrogen-bond acceptors (Lipinski definition) is 5. The summed E-state index contributed by atoms with van der Waals surface area (Å²) in [4.78, 5) is 34.7. The van der Waals surface area contributed by atoms with Crippen molar-refractivity contribution in [2.75, 3.05) is 0 Å². The summed E-state index contributed by atoms with van der Waals surface area (Å²) in [5.74, 6) is -0.959. The summed E-state index contributed by atoms with van der Waals surface area (Å²) in [7, 11) is -5.14. The van der Waals surface area contributed by atoms with Crippen LogP contribution in [0.2, 0.25) is 0 Å². The molecule has 0 bridgehead atoms. The Hall–Kier alpha value is -0.474. The SMILES string of the molecule is NC(Cc1ccccc1)C(=O)O.O=P([O-])([O-])O.[Mg+2]. The molecule has 18 heavy (non-hydrogen) atoms. The van der Waals surface area contributed by atoms with E-state index in [-0.39, 0.29) is 23.1 Å². The van der Waals surface area contributed by atoms with Crippen molar-refractivity contribution < 1.29 is 29.1 Å². The van der Waals surface area contributed by atoms with Gasteiger partial charge >= 0.3 is 29.0 Å². The molecular weight excluding hydrogens is 273 g/mol. The molecule has 1 aromatic rings. The van der Waals surface area contributed by atoms with Crippen molar-refractivity contribution in [3.63, 3.8) is 0 Å². The Morgan fingerprint density at radius 2 is 1.72 bits per heavy atom. The average molecular weight is 285 g/mol. The summed E-state index contributed by atoms with van der Waals surface area (Å²) < 4.78 is 8.66. The second kappa shape index (κ2) is 9.46. The predicted molar refractivity (Wildman–Crippen MR) is 61.3 cm³/mol. The van der Waals surface area contributed by atoms with E-state index in [4.69, 9.17) is 30.1 Å². The molecule has 0 radical (unpaired) electrons. The Bertz CT molecular complexity index is 387. The largest absolute Gasteiger partial charge is 2.00 e. The van der Waals surface area contributed by atoms with E-state index in [1.807, 2.05) is 30.3 Å². The molecule has 0 aliphatic carbocycles. The molecule has 0 aliphatic heterocycles. The molecule has 0 fully saturated rings. The van der Waals surface area contributed by atoms with Gasteiger partial charge in [-0.2, -0.15) is 0 Å². The van der Waals surface area contributed by atoms with Crippen LogP contribution in [-0.2, 0) is 15.8 Å². The zero-order chi connectivity index (χ0) is 13.5. The fourth-order valence-corrected chi connectivity index (χ4v) is 0.955. The summed E-state index contributed by atoms with van der Waals surface area (Å²) in [5, 5.41) is 8.52. The molecule has 0 spiro atoms. The maximum Gasteiger partial charge on any atom is 2.00 e. The molecule has 1 rings (SSSR count). The Morgan fingerprint density at radius 3 is 2.06 bits per heavy atom. The molecule has 0 saturated carbocycles. The second-order valence-electron chi connectivity index (χ2n) is 3.10. The first-order valence-electron chi connectivity index (χ1n) is 4.47. The molecule has 4 N–H and O–H groups in total. The zero-order valence-corrected chi connectivity index (χ0v) is 11.7. The van der Waals surface area contributed by atoms with Gasteiger partial charge in [-0.15, -0.1) is 0 Å². The van der Waals surface area contributed by atoms with Crippen molar-refractivity contribution in [2.24, 2.45) is 5.73 Å². The summed E-state index contributed by atoms with van der Waals surface area (Å²) >= 11 is 0. The molecule has 0 heterocycles. The van der Waals surface area contributed by atoms with E-state index in [2.05, 4.69) is 0 Å². The fourth-order valence-electron chi connectivity index (χ4n) is 0.955. The molecule has 1 atom stereocenters. The third-order valence-electron chi connectivity index (χ3n) is 1.62. The predicted octanol–water partition coefficient (Wildman–Crippen LogP) is -1.93. The van der Waals surface area contributed by atoms with E-state index in [0.717, 1.165) is 5.56 Å². The standard InChI is InChI=1S/C9H11NO2.Mg.H3O4P/c10-8(9(11)12)6-7-4-2-1-3-5-7;;1-5(2,3)4/h1-5,8H,6,10H2,(H,11,12);;(H3,1,2,3,4)/q;+2;/p-2. The van der Waals surface area contributed by atoms with E-state index >= 15 is 0 Å². The topological polar surface area (TPSA) is 147 Å². The van der Waals surface area contributed by atoms with Gasteiger partial charge in [0.05, 0.1) is 7.82 Å². The number of carbonyl (C=O) groups is 1. The minimum Gasteiger partial charge on any atom is -0.790 e. The Balaban J connectivity index is 0. The van der Waals surface area contributed by atoms with E-state index < -0.39 is 19.8 Å². The first-order chi connectivity index (χ1) is 7.70. The van der Waals surface area contributed by atoms with Crippen molar-refractivity contribution in [3.8, 4) is 0 Å². The van der Waals surface area contributed by atoms with Crippen molar-refractivity contribution in [1.29, 1.82) is 0 Å². The molecule has 1 unspecified atom stereocenters. The van der Waals surface area contributed by atoms with E-state index in [9.17, 15) is 4.79 Å². The number of phosphoric acid groups is 1. The van der Waals surface area contributed by atoms with Gasteiger partial charge in [0.15, 0.2) is 0 Å². The molecular formula is C9H12MgNO6P. The van der Waals surface area contributed by atoms with Gasteiger partial charge in [0.25, 0.3) is 0 Å². The smallest absolute Gasteiger partial charge is 0.790 e. The number of benzene rings is 1. The molecule has 96 valence electrons. The number of carboxylic acid groups (broad SMARTS) is 1. The quantitative estimate of drug-likeness (QED) is 0.432.